The van der Waals surface area contributed by atoms with Crippen molar-refractivity contribution in [2.75, 3.05) is 13.2 Å². The molecule has 3 aliphatic rings. The first-order valence-electron chi connectivity index (χ1n) is 8.57. The molecule has 8 unspecified atom stereocenters. The summed E-state index contributed by atoms with van der Waals surface area (Å²) in [6.07, 6.45) is -4.70. The van der Waals surface area contributed by atoms with Gasteiger partial charge in [0.1, 0.15) is 24.4 Å². The number of hydrogen-bond acceptors (Lipinski definition) is 8. The number of aliphatic hydroxyl groups excluding tert-OH is 4. The molecule has 0 spiro atoms. The number of hydrogen-bond donors (Lipinski definition) is 5. The van der Waals surface area contributed by atoms with Gasteiger partial charge in [-0.3, -0.25) is 4.79 Å². The molecule has 142 valence electrons. The largest absolute Gasteiger partial charge is 0.472 e. The van der Waals surface area contributed by atoms with Crippen LogP contribution in [0.3, 0.4) is 0 Å². The van der Waals surface area contributed by atoms with Gasteiger partial charge in [0.2, 0.25) is 6.29 Å². The number of nitrogens with one attached hydrogen (secondary N) is 1. The maximum absolute atomic E-state index is 11.9. The van der Waals surface area contributed by atoms with Crippen LogP contribution in [0.15, 0.2) is 11.8 Å². The highest BCUT2D eigenvalue weighted by Crippen LogP contribution is 2.38. The van der Waals surface area contributed by atoms with Gasteiger partial charge in [-0.2, -0.15) is 0 Å². The zero-order chi connectivity index (χ0) is 18.1. The lowest BCUT2D eigenvalue weighted by Gasteiger charge is -2.44. The highest BCUT2D eigenvalue weighted by molar-refractivity contribution is 5.94. The zero-order valence-electron chi connectivity index (χ0n) is 13.9. The number of amides is 1. The van der Waals surface area contributed by atoms with Gasteiger partial charge in [-0.15, -0.1) is 0 Å². The Bertz CT molecular complexity index is 524. The lowest BCUT2D eigenvalue weighted by molar-refractivity contribution is -0.342. The van der Waals surface area contributed by atoms with E-state index in [2.05, 4.69) is 5.32 Å². The summed E-state index contributed by atoms with van der Waals surface area (Å²) in [5.74, 6) is -0.304. The summed E-state index contributed by atoms with van der Waals surface area (Å²) in [7, 11) is 0. The van der Waals surface area contributed by atoms with E-state index in [1.807, 2.05) is 6.92 Å². The molecule has 0 bridgehead atoms. The van der Waals surface area contributed by atoms with Crippen LogP contribution in [-0.2, 0) is 19.0 Å². The Kier molecular flexibility index (Phi) is 5.62. The fourth-order valence-electron chi connectivity index (χ4n) is 3.71. The van der Waals surface area contributed by atoms with Crippen molar-refractivity contribution in [2.45, 2.75) is 56.8 Å². The molecule has 0 radical (unpaired) electrons. The van der Waals surface area contributed by atoms with Crippen molar-refractivity contribution < 1.29 is 39.4 Å². The maximum atomic E-state index is 11.9. The Hall–Kier alpha value is -1.23. The Morgan fingerprint density at radius 2 is 2.00 bits per heavy atom. The number of carbonyl (C=O) groups excluding carboxylic acids is 1. The molecule has 9 heteroatoms. The average Bonchev–Trinajstić information content (AvgIpc) is 2.62. The van der Waals surface area contributed by atoms with Gasteiger partial charge in [0, 0.05) is 18.4 Å². The minimum atomic E-state index is -1.51. The van der Waals surface area contributed by atoms with E-state index in [-0.39, 0.29) is 17.7 Å². The SMILES string of the molecule is CCC1C(OC2OC(CO)C(O)C(O)C2O)OC=C2C(=O)NCCC21. The number of fused-ring (bicyclic) bond motifs is 1. The quantitative estimate of drug-likeness (QED) is 0.397. The number of carbonyl (C=O) groups is 1. The van der Waals surface area contributed by atoms with Crippen LogP contribution in [0.1, 0.15) is 19.8 Å². The Morgan fingerprint density at radius 3 is 2.68 bits per heavy atom. The van der Waals surface area contributed by atoms with Crippen molar-refractivity contribution in [3.8, 4) is 0 Å². The predicted molar refractivity (Wildman–Crippen MR) is 82.7 cm³/mol. The second-order valence-corrected chi connectivity index (χ2v) is 6.63. The topological polar surface area (TPSA) is 138 Å². The molecule has 0 aromatic rings. The molecular weight excluding hydrogens is 334 g/mol. The third kappa shape index (κ3) is 3.40. The van der Waals surface area contributed by atoms with Crippen LogP contribution < -0.4 is 5.32 Å². The van der Waals surface area contributed by atoms with Crippen molar-refractivity contribution in [3.05, 3.63) is 11.8 Å². The molecule has 3 heterocycles. The van der Waals surface area contributed by atoms with Crippen LogP contribution in [0.4, 0.5) is 0 Å². The molecule has 3 rings (SSSR count). The van der Waals surface area contributed by atoms with Gasteiger partial charge in [-0.1, -0.05) is 6.92 Å². The molecule has 1 amide bonds. The summed E-state index contributed by atoms with van der Waals surface area (Å²) in [5, 5.41) is 41.8. The second-order valence-electron chi connectivity index (χ2n) is 6.63. The molecule has 8 atom stereocenters. The lowest BCUT2D eigenvalue weighted by Crippen LogP contribution is -2.60. The Balaban J connectivity index is 1.74. The van der Waals surface area contributed by atoms with Gasteiger partial charge in [0.15, 0.2) is 6.29 Å². The molecule has 9 nitrogen and oxygen atoms in total. The first kappa shape index (κ1) is 18.6. The minimum Gasteiger partial charge on any atom is -0.472 e. The molecular formula is C16H25NO8. The first-order chi connectivity index (χ1) is 12.0. The molecule has 25 heavy (non-hydrogen) atoms. The van der Waals surface area contributed by atoms with Crippen LogP contribution in [0, 0.1) is 11.8 Å². The molecule has 0 aromatic heterocycles. The van der Waals surface area contributed by atoms with Crippen molar-refractivity contribution in [2.24, 2.45) is 11.8 Å². The summed E-state index contributed by atoms with van der Waals surface area (Å²) in [6, 6.07) is 0. The molecule has 5 N–H and O–H groups in total. The second kappa shape index (κ2) is 7.56. The fraction of sp³-hybridized carbons (Fsp3) is 0.812. The molecule has 0 saturated carbocycles. The standard InChI is InChI=1S/C16H25NO8/c1-2-7-8-3-4-17-14(22)9(8)6-23-15(7)25-16-13(21)12(20)11(19)10(5-18)24-16/h6-8,10-13,15-16,18-21H,2-5H2,1H3,(H,17,22). The van der Waals surface area contributed by atoms with Crippen LogP contribution in [0.5, 0.6) is 0 Å². The molecule has 0 aliphatic carbocycles. The van der Waals surface area contributed by atoms with E-state index in [4.69, 9.17) is 14.2 Å². The molecule has 2 saturated heterocycles. The van der Waals surface area contributed by atoms with Gasteiger partial charge < -0.3 is 40.0 Å². The summed E-state index contributed by atoms with van der Waals surface area (Å²) in [4.78, 5) is 11.9. The third-order valence-corrected chi connectivity index (χ3v) is 5.19. The maximum Gasteiger partial charge on any atom is 0.250 e. The van der Waals surface area contributed by atoms with Gasteiger partial charge in [-0.25, -0.2) is 0 Å². The van der Waals surface area contributed by atoms with E-state index in [1.54, 1.807) is 0 Å². The lowest BCUT2D eigenvalue weighted by atomic mass is 9.78. The highest BCUT2D eigenvalue weighted by atomic mass is 16.8. The van der Waals surface area contributed by atoms with Gasteiger partial charge in [-0.05, 0) is 12.8 Å². The van der Waals surface area contributed by atoms with Crippen LogP contribution in [0.2, 0.25) is 0 Å². The van der Waals surface area contributed by atoms with Crippen LogP contribution in [-0.4, -0.2) is 76.5 Å². The van der Waals surface area contributed by atoms with Crippen molar-refractivity contribution in [3.63, 3.8) is 0 Å². The van der Waals surface area contributed by atoms with Crippen LogP contribution in [0.25, 0.3) is 0 Å². The van der Waals surface area contributed by atoms with E-state index in [0.29, 0.717) is 18.5 Å². The zero-order valence-corrected chi connectivity index (χ0v) is 13.9. The highest BCUT2D eigenvalue weighted by Gasteiger charge is 2.47. The molecule has 0 aromatic carbocycles. The van der Waals surface area contributed by atoms with Gasteiger partial charge in [0.05, 0.1) is 18.4 Å². The van der Waals surface area contributed by atoms with Gasteiger partial charge >= 0.3 is 0 Å². The summed E-state index contributed by atoms with van der Waals surface area (Å²) in [5.41, 5.74) is 0.576. The number of rotatable bonds is 4. The van der Waals surface area contributed by atoms with E-state index < -0.39 is 43.6 Å². The summed E-state index contributed by atoms with van der Waals surface area (Å²) >= 11 is 0. The minimum absolute atomic E-state index is 0.0256. The van der Waals surface area contributed by atoms with Crippen LogP contribution >= 0.6 is 0 Å². The summed E-state index contributed by atoms with van der Waals surface area (Å²) in [6.45, 7) is 2.00. The Labute approximate surface area is 145 Å². The first-order valence-corrected chi connectivity index (χ1v) is 8.57. The Morgan fingerprint density at radius 1 is 1.24 bits per heavy atom. The normalized spacial score (nSPS) is 44.4. The van der Waals surface area contributed by atoms with Crippen molar-refractivity contribution in [1.82, 2.24) is 5.32 Å². The van der Waals surface area contributed by atoms with E-state index in [1.165, 1.54) is 6.26 Å². The number of piperidine rings is 1. The van der Waals surface area contributed by atoms with E-state index in [9.17, 15) is 25.2 Å². The average molecular weight is 359 g/mol. The predicted octanol–water partition coefficient (Wildman–Crippen LogP) is -1.79. The van der Waals surface area contributed by atoms with Crippen molar-refractivity contribution in [1.29, 1.82) is 0 Å². The van der Waals surface area contributed by atoms with E-state index in [0.717, 1.165) is 6.42 Å². The summed E-state index contributed by atoms with van der Waals surface area (Å²) < 4.78 is 16.7. The molecule has 3 aliphatic heterocycles. The van der Waals surface area contributed by atoms with Crippen molar-refractivity contribution >= 4 is 5.91 Å². The van der Waals surface area contributed by atoms with E-state index >= 15 is 0 Å². The van der Waals surface area contributed by atoms with Gasteiger partial charge in [0.25, 0.3) is 5.91 Å². The fourth-order valence-corrected chi connectivity index (χ4v) is 3.71. The third-order valence-electron chi connectivity index (χ3n) is 5.19. The number of aliphatic hydroxyl groups is 4. The smallest absolute Gasteiger partial charge is 0.250 e. The molecule has 2 fully saturated rings. The monoisotopic (exact) mass is 359 g/mol. The number of ether oxygens (including phenoxy) is 3.